The Kier molecular flexibility index (Phi) is 4.47. The molecule has 118 valence electrons. The highest BCUT2D eigenvalue weighted by Crippen LogP contribution is 2.27. The Balaban J connectivity index is 2.36. The van der Waals surface area contributed by atoms with Crippen molar-refractivity contribution in [2.45, 2.75) is 23.3 Å². The lowest BCUT2D eigenvalue weighted by Crippen LogP contribution is -2.54. The highest BCUT2D eigenvalue weighted by molar-refractivity contribution is 7.89. The van der Waals surface area contributed by atoms with Gasteiger partial charge in [-0.1, -0.05) is 0 Å². The Bertz CT molecular complexity index is 630. The van der Waals surface area contributed by atoms with E-state index in [1.165, 1.54) is 0 Å². The number of nitrogens with two attached hydrogens (primary N) is 1. The molecule has 1 aliphatic heterocycles. The third-order valence-corrected chi connectivity index (χ3v) is 5.08. The van der Waals surface area contributed by atoms with Gasteiger partial charge in [-0.05, 0) is 25.0 Å². The van der Waals surface area contributed by atoms with E-state index in [0.29, 0.717) is 0 Å². The van der Waals surface area contributed by atoms with Crippen LogP contribution in [0.4, 0.5) is 14.5 Å². The summed E-state index contributed by atoms with van der Waals surface area (Å²) in [6.07, 6.45) is 0.502. The van der Waals surface area contributed by atoms with Crippen LogP contribution >= 0.6 is 0 Å². The third kappa shape index (κ3) is 3.15. The summed E-state index contributed by atoms with van der Waals surface area (Å²) in [5.41, 5.74) is 3.19. The standard InChI is InChI=1S/C12H16F2N2O4S/c13-8-1-2-9(10(14)11(8)15)21(18,19)16-12(7-17)3-5-20-6-4-12/h1-2,16-17H,3-7,15H2. The van der Waals surface area contributed by atoms with Gasteiger partial charge in [-0.15, -0.1) is 0 Å². The third-order valence-electron chi connectivity index (χ3n) is 3.48. The van der Waals surface area contributed by atoms with Crippen molar-refractivity contribution in [2.24, 2.45) is 0 Å². The average Bonchev–Trinajstić information content (AvgIpc) is 2.45. The highest BCUT2D eigenvalue weighted by Gasteiger charge is 2.37. The van der Waals surface area contributed by atoms with Crippen molar-refractivity contribution in [3.05, 3.63) is 23.8 Å². The van der Waals surface area contributed by atoms with E-state index in [0.717, 1.165) is 12.1 Å². The van der Waals surface area contributed by atoms with E-state index in [1.807, 2.05) is 0 Å². The van der Waals surface area contributed by atoms with Crippen molar-refractivity contribution in [1.29, 1.82) is 0 Å². The minimum absolute atomic E-state index is 0.251. The number of hydrogen-bond donors (Lipinski definition) is 3. The molecule has 21 heavy (non-hydrogen) atoms. The quantitative estimate of drug-likeness (QED) is 0.695. The fourth-order valence-electron chi connectivity index (χ4n) is 2.15. The molecule has 0 saturated carbocycles. The molecule has 4 N–H and O–H groups in total. The molecule has 0 atom stereocenters. The number of rotatable bonds is 4. The number of ether oxygens (including phenoxy) is 1. The van der Waals surface area contributed by atoms with Crippen LogP contribution < -0.4 is 10.5 Å². The molecule has 6 nitrogen and oxygen atoms in total. The summed E-state index contributed by atoms with van der Waals surface area (Å²) in [5.74, 6) is -2.38. The zero-order chi connectivity index (χ0) is 15.7. The lowest BCUT2D eigenvalue weighted by atomic mass is 9.93. The molecular formula is C12H16F2N2O4S. The maximum absolute atomic E-state index is 13.9. The molecule has 1 fully saturated rings. The van der Waals surface area contributed by atoms with E-state index < -0.39 is 44.4 Å². The van der Waals surface area contributed by atoms with Crippen molar-refractivity contribution >= 4 is 15.7 Å². The molecule has 1 heterocycles. The summed E-state index contributed by atoms with van der Waals surface area (Å²) in [5, 5.41) is 9.46. The first-order chi connectivity index (χ1) is 9.81. The molecule has 9 heteroatoms. The van der Waals surface area contributed by atoms with Gasteiger partial charge in [0.2, 0.25) is 10.0 Å². The van der Waals surface area contributed by atoms with E-state index in [2.05, 4.69) is 4.72 Å². The molecule has 0 aromatic heterocycles. The van der Waals surface area contributed by atoms with Gasteiger partial charge >= 0.3 is 0 Å². The van der Waals surface area contributed by atoms with E-state index in [1.54, 1.807) is 0 Å². The van der Waals surface area contributed by atoms with Crippen LogP contribution in [0.25, 0.3) is 0 Å². The summed E-state index contributed by atoms with van der Waals surface area (Å²) in [6.45, 7) is 0.0993. The second-order valence-corrected chi connectivity index (χ2v) is 6.58. The minimum Gasteiger partial charge on any atom is -0.394 e. The fraction of sp³-hybridized carbons (Fsp3) is 0.500. The molecule has 1 aliphatic rings. The van der Waals surface area contributed by atoms with Gasteiger partial charge in [-0.25, -0.2) is 21.9 Å². The maximum Gasteiger partial charge on any atom is 0.244 e. The summed E-state index contributed by atoms with van der Waals surface area (Å²) < 4.78 is 58.9. The Labute approximate surface area is 121 Å². The van der Waals surface area contributed by atoms with Gasteiger partial charge in [-0.2, -0.15) is 0 Å². The van der Waals surface area contributed by atoms with Crippen LogP contribution in [0.5, 0.6) is 0 Å². The van der Waals surface area contributed by atoms with Gasteiger partial charge in [0.25, 0.3) is 0 Å². The molecule has 0 amide bonds. The fourth-order valence-corrected chi connectivity index (χ4v) is 3.69. The Morgan fingerprint density at radius 1 is 1.33 bits per heavy atom. The molecule has 0 bridgehead atoms. The summed E-state index contributed by atoms with van der Waals surface area (Å²) >= 11 is 0. The molecule has 0 spiro atoms. The molecule has 0 unspecified atom stereocenters. The number of nitrogen functional groups attached to an aromatic ring is 1. The number of halogens is 2. The zero-order valence-electron chi connectivity index (χ0n) is 11.1. The SMILES string of the molecule is Nc1c(F)ccc(S(=O)(=O)NC2(CO)CCOCC2)c1F. The van der Waals surface area contributed by atoms with E-state index in [-0.39, 0.29) is 26.1 Å². The second kappa shape index (κ2) is 5.84. The van der Waals surface area contributed by atoms with E-state index in [4.69, 9.17) is 10.5 Å². The summed E-state index contributed by atoms with van der Waals surface area (Å²) in [6, 6.07) is 1.58. The van der Waals surface area contributed by atoms with Crippen LogP contribution in [0.3, 0.4) is 0 Å². The second-order valence-electron chi connectivity index (χ2n) is 4.93. The largest absolute Gasteiger partial charge is 0.394 e. The molecule has 0 aliphatic carbocycles. The monoisotopic (exact) mass is 322 g/mol. The molecule has 1 aromatic rings. The summed E-state index contributed by atoms with van der Waals surface area (Å²) in [7, 11) is -4.29. The Morgan fingerprint density at radius 3 is 2.52 bits per heavy atom. The maximum atomic E-state index is 13.9. The molecule has 1 aromatic carbocycles. The molecule has 1 saturated heterocycles. The van der Waals surface area contributed by atoms with Crippen LogP contribution in [0.15, 0.2) is 17.0 Å². The Morgan fingerprint density at radius 2 is 1.95 bits per heavy atom. The van der Waals surface area contributed by atoms with Crippen molar-refractivity contribution in [1.82, 2.24) is 4.72 Å². The number of anilines is 1. The number of aliphatic hydroxyl groups excluding tert-OH is 1. The van der Waals surface area contributed by atoms with Gasteiger partial charge in [0.05, 0.1) is 12.1 Å². The van der Waals surface area contributed by atoms with Crippen LogP contribution in [-0.4, -0.2) is 38.9 Å². The number of aliphatic hydroxyl groups is 1. The van der Waals surface area contributed by atoms with Crippen LogP contribution in [0.2, 0.25) is 0 Å². The lowest BCUT2D eigenvalue weighted by Gasteiger charge is -2.35. The molecular weight excluding hydrogens is 306 g/mol. The first kappa shape index (κ1) is 16.1. The number of nitrogens with one attached hydrogen (secondary N) is 1. The van der Waals surface area contributed by atoms with Gasteiger partial charge < -0.3 is 15.6 Å². The predicted octanol–water partition coefficient (Wildman–Crippen LogP) is 0.367. The van der Waals surface area contributed by atoms with Crippen LogP contribution in [-0.2, 0) is 14.8 Å². The van der Waals surface area contributed by atoms with Crippen molar-refractivity contribution in [3.63, 3.8) is 0 Å². The van der Waals surface area contributed by atoms with Gasteiger partial charge in [-0.3, -0.25) is 0 Å². The Hall–Kier alpha value is -1.29. The molecule has 0 radical (unpaired) electrons. The smallest absolute Gasteiger partial charge is 0.244 e. The van der Waals surface area contributed by atoms with E-state index in [9.17, 15) is 22.3 Å². The number of hydrogen-bond acceptors (Lipinski definition) is 5. The van der Waals surface area contributed by atoms with Gasteiger partial charge in [0.1, 0.15) is 16.4 Å². The van der Waals surface area contributed by atoms with Crippen LogP contribution in [0, 0.1) is 11.6 Å². The number of benzene rings is 1. The highest BCUT2D eigenvalue weighted by atomic mass is 32.2. The van der Waals surface area contributed by atoms with Crippen molar-refractivity contribution in [3.8, 4) is 0 Å². The van der Waals surface area contributed by atoms with Gasteiger partial charge in [0, 0.05) is 13.2 Å². The van der Waals surface area contributed by atoms with E-state index >= 15 is 0 Å². The van der Waals surface area contributed by atoms with Gasteiger partial charge in [0.15, 0.2) is 5.82 Å². The summed E-state index contributed by atoms with van der Waals surface area (Å²) in [4.78, 5) is -0.749. The molecule has 2 rings (SSSR count). The first-order valence-electron chi connectivity index (χ1n) is 6.27. The van der Waals surface area contributed by atoms with Crippen molar-refractivity contribution < 1.29 is 27.0 Å². The normalized spacial score (nSPS) is 18.6. The zero-order valence-corrected chi connectivity index (χ0v) is 11.9. The topological polar surface area (TPSA) is 102 Å². The lowest BCUT2D eigenvalue weighted by molar-refractivity contribution is 0.0222. The average molecular weight is 322 g/mol. The van der Waals surface area contributed by atoms with Crippen molar-refractivity contribution in [2.75, 3.05) is 25.6 Å². The number of sulfonamides is 1. The predicted molar refractivity (Wildman–Crippen MR) is 71.0 cm³/mol. The minimum atomic E-state index is -4.29. The first-order valence-corrected chi connectivity index (χ1v) is 7.76. The van der Waals surface area contributed by atoms with Crippen LogP contribution in [0.1, 0.15) is 12.8 Å².